The van der Waals surface area contributed by atoms with Gasteiger partial charge in [0.2, 0.25) is 5.91 Å². The zero-order valence-electron chi connectivity index (χ0n) is 11.1. The molecule has 4 N–H and O–H groups in total. The average Bonchev–Trinajstić information content (AvgIpc) is 2.47. The Morgan fingerprint density at radius 3 is 2.65 bits per heavy atom. The van der Waals surface area contributed by atoms with Crippen molar-refractivity contribution < 1.29 is 10.0 Å². The van der Waals surface area contributed by atoms with Crippen molar-refractivity contribution in [2.45, 2.75) is 32.1 Å². The van der Waals surface area contributed by atoms with Crippen molar-refractivity contribution >= 4 is 29.0 Å². The maximum Gasteiger partial charge on any atom is 0.238 e. The summed E-state index contributed by atoms with van der Waals surface area (Å²) >= 11 is 5.90. The van der Waals surface area contributed by atoms with Crippen molar-refractivity contribution in [1.29, 1.82) is 0 Å². The molecule has 1 aromatic carbocycles. The van der Waals surface area contributed by atoms with Crippen LogP contribution < -0.4 is 11.1 Å². The van der Waals surface area contributed by atoms with Crippen LogP contribution in [0.25, 0.3) is 0 Å². The lowest BCUT2D eigenvalue weighted by Gasteiger charge is -2.34. The van der Waals surface area contributed by atoms with Crippen LogP contribution >= 0.6 is 11.6 Å². The predicted octanol–water partition coefficient (Wildman–Crippen LogP) is 2.98. The molecule has 0 spiro atoms. The van der Waals surface area contributed by atoms with E-state index in [1.54, 1.807) is 24.3 Å². The van der Waals surface area contributed by atoms with E-state index in [2.05, 4.69) is 10.5 Å². The van der Waals surface area contributed by atoms with E-state index >= 15 is 0 Å². The number of anilines is 1. The number of halogens is 1. The molecule has 6 heteroatoms. The topological polar surface area (TPSA) is 87.7 Å². The molecule has 5 nitrogen and oxygen atoms in total. The minimum atomic E-state index is -0.921. The van der Waals surface area contributed by atoms with Gasteiger partial charge in [0, 0.05) is 10.7 Å². The molecule has 1 aromatic rings. The molecule has 1 saturated carbocycles. The van der Waals surface area contributed by atoms with Gasteiger partial charge in [0.05, 0.1) is 0 Å². The highest BCUT2D eigenvalue weighted by Gasteiger charge is 2.43. The summed E-state index contributed by atoms with van der Waals surface area (Å²) in [6.45, 7) is 0. The Hall–Kier alpha value is -1.75. The number of hydrogen-bond acceptors (Lipinski definition) is 3. The molecule has 20 heavy (non-hydrogen) atoms. The summed E-state index contributed by atoms with van der Waals surface area (Å²) in [7, 11) is 0. The molecule has 0 atom stereocenters. The number of nitrogens with zero attached hydrogens (tertiary/aromatic N) is 1. The average molecular weight is 296 g/mol. The van der Waals surface area contributed by atoms with Gasteiger partial charge in [-0.15, -0.1) is 0 Å². The lowest BCUT2D eigenvalue weighted by Crippen LogP contribution is -2.48. The van der Waals surface area contributed by atoms with E-state index in [1.807, 2.05) is 0 Å². The first-order valence-corrected chi connectivity index (χ1v) is 7.01. The van der Waals surface area contributed by atoms with E-state index < -0.39 is 5.41 Å². The number of amides is 1. The molecular formula is C14H18ClN3O2. The van der Waals surface area contributed by atoms with Crippen molar-refractivity contribution in [2.75, 3.05) is 5.32 Å². The van der Waals surface area contributed by atoms with Crippen LogP contribution in [0.5, 0.6) is 0 Å². The zero-order valence-corrected chi connectivity index (χ0v) is 11.9. The second kappa shape index (κ2) is 6.13. The van der Waals surface area contributed by atoms with Crippen molar-refractivity contribution in [3.8, 4) is 0 Å². The van der Waals surface area contributed by atoms with Crippen LogP contribution in [0.15, 0.2) is 29.4 Å². The van der Waals surface area contributed by atoms with Gasteiger partial charge in [-0.25, -0.2) is 0 Å². The molecule has 0 unspecified atom stereocenters. The lowest BCUT2D eigenvalue weighted by atomic mass is 9.72. The predicted molar refractivity (Wildman–Crippen MR) is 79.0 cm³/mol. The highest BCUT2D eigenvalue weighted by Crippen LogP contribution is 2.37. The molecule has 0 radical (unpaired) electrons. The minimum Gasteiger partial charge on any atom is -0.409 e. The molecule has 1 amide bonds. The second-order valence-corrected chi connectivity index (χ2v) is 5.53. The van der Waals surface area contributed by atoms with Crippen LogP contribution in [0.4, 0.5) is 5.69 Å². The van der Waals surface area contributed by atoms with E-state index in [9.17, 15) is 4.79 Å². The third-order valence-corrected chi connectivity index (χ3v) is 4.06. The van der Waals surface area contributed by atoms with Crippen LogP contribution in [0, 0.1) is 5.41 Å². The van der Waals surface area contributed by atoms with Gasteiger partial charge in [-0.1, -0.05) is 42.1 Å². The summed E-state index contributed by atoms with van der Waals surface area (Å²) in [6, 6.07) is 6.92. The number of hydrogen-bond donors (Lipinski definition) is 3. The first kappa shape index (κ1) is 14.7. The Balaban J connectivity index is 2.23. The largest absolute Gasteiger partial charge is 0.409 e. The molecule has 0 aliphatic heterocycles. The molecular weight excluding hydrogens is 278 g/mol. The summed E-state index contributed by atoms with van der Waals surface area (Å²) in [5.74, 6) is -0.258. The second-order valence-electron chi connectivity index (χ2n) is 5.09. The van der Waals surface area contributed by atoms with Gasteiger partial charge in [0.25, 0.3) is 0 Å². The molecule has 0 heterocycles. The third kappa shape index (κ3) is 2.88. The van der Waals surface area contributed by atoms with Gasteiger partial charge in [0.1, 0.15) is 5.41 Å². The van der Waals surface area contributed by atoms with Crippen molar-refractivity contribution in [3.05, 3.63) is 29.3 Å². The Morgan fingerprint density at radius 2 is 2.05 bits per heavy atom. The number of amidine groups is 1. The zero-order chi connectivity index (χ0) is 14.6. The van der Waals surface area contributed by atoms with Crippen LogP contribution in [0.3, 0.4) is 0 Å². The van der Waals surface area contributed by atoms with E-state index in [0.29, 0.717) is 23.6 Å². The van der Waals surface area contributed by atoms with E-state index in [1.165, 1.54) is 0 Å². The summed E-state index contributed by atoms with van der Waals surface area (Å²) in [5.41, 5.74) is 5.47. The highest BCUT2D eigenvalue weighted by molar-refractivity contribution is 6.31. The van der Waals surface area contributed by atoms with Crippen molar-refractivity contribution in [3.63, 3.8) is 0 Å². The molecule has 0 aromatic heterocycles. The summed E-state index contributed by atoms with van der Waals surface area (Å²) < 4.78 is 0. The van der Waals surface area contributed by atoms with Gasteiger partial charge >= 0.3 is 0 Å². The molecule has 1 fully saturated rings. The van der Waals surface area contributed by atoms with Gasteiger partial charge in [-0.2, -0.15) is 0 Å². The Morgan fingerprint density at radius 1 is 1.35 bits per heavy atom. The number of benzene rings is 1. The van der Waals surface area contributed by atoms with Gasteiger partial charge in [0.15, 0.2) is 5.84 Å². The SMILES string of the molecule is NC(=NO)C1(C(=O)Nc2cccc(Cl)c2)CCCCC1. The number of nitrogens with one attached hydrogen (secondary N) is 1. The van der Waals surface area contributed by atoms with E-state index in [0.717, 1.165) is 19.3 Å². The lowest BCUT2D eigenvalue weighted by molar-refractivity contribution is -0.123. The minimum absolute atomic E-state index is 0.0169. The Labute approximate surface area is 122 Å². The Bertz CT molecular complexity index is 525. The van der Waals surface area contributed by atoms with Crippen LogP contribution in [0.2, 0.25) is 5.02 Å². The van der Waals surface area contributed by atoms with Crippen LogP contribution in [0.1, 0.15) is 32.1 Å². The molecule has 1 aliphatic rings. The summed E-state index contributed by atoms with van der Waals surface area (Å²) in [4.78, 5) is 12.6. The molecule has 2 rings (SSSR count). The maximum atomic E-state index is 12.6. The fourth-order valence-electron chi connectivity index (χ4n) is 2.67. The number of carbonyl (C=O) groups is 1. The highest BCUT2D eigenvalue weighted by atomic mass is 35.5. The third-order valence-electron chi connectivity index (χ3n) is 3.82. The van der Waals surface area contributed by atoms with Gasteiger partial charge in [-0.3, -0.25) is 4.79 Å². The fourth-order valence-corrected chi connectivity index (χ4v) is 2.86. The normalized spacial score (nSPS) is 18.6. The van der Waals surface area contributed by atoms with Gasteiger partial charge in [-0.05, 0) is 31.0 Å². The monoisotopic (exact) mass is 295 g/mol. The van der Waals surface area contributed by atoms with Crippen molar-refractivity contribution in [1.82, 2.24) is 0 Å². The number of oxime groups is 1. The summed E-state index contributed by atoms with van der Waals surface area (Å²) in [5, 5.41) is 15.4. The number of rotatable bonds is 3. The fraction of sp³-hybridized carbons (Fsp3) is 0.429. The van der Waals surface area contributed by atoms with E-state index in [-0.39, 0.29) is 11.7 Å². The number of nitrogens with two attached hydrogens (primary N) is 1. The van der Waals surface area contributed by atoms with Crippen LogP contribution in [-0.4, -0.2) is 17.0 Å². The molecule has 0 bridgehead atoms. The summed E-state index contributed by atoms with van der Waals surface area (Å²) in [6.07, 6.45) is 4.02. The standard InChI is InChI=1S/C14H18ClN3O2/c15-10-5-4-6-11(9-10)17-13(19)14(12(16)18-20)7-2-1-3-8-14/h4-6,9,20H,1-3,7-8H2,(H2,16,18)(H,17,19). The first-order chi connectivity index (χ1) is 9.58. The van der Waals surface area contributed by atoms with Crippen LogP contribution in [-0.2, 0) is 4.79 Å². The van der Waals surface area contributed by atoms with E-state index in [4.69, 9.17) is 22.5 Å². The van der Waals surface area contributed by atoms with Crippen molar-refractivity contribution in [2.24, 2.45) is 16.3 Å². The molecule has 108 valence electrons. The first-order valence-electron chi connectivity index (χ1n) is 6.63. The maximum absolute atomic E-state index is 12.6. The Kier molecular flexibility index (Phi) is 4.49. The van der Waals surface area contributed by atoms with Gasteiger partial charge < -0.3 is 16.3 Å². The molecule has 0 saturated heterocycles. The quantitative estimate of drug-likeness (QED) is 0.347. The molecule has 1 aliphatic carbocycles. The smallest absolute Gasteiger partial charge is 0.238 e. The number of carbonyl (C=O) groups excluding carboxylic acids is 1.